The zero-order valence-corrected chi connectivity index (χ0v) is 8.51. The van der Waals surface area contributed by atoms with Crippen molar-refractivity contribution in [2.45, 2.75) is 6.92 Å². The van der Waals surface area contributed by atoms with Crippen LogP contribution >= 0.6 is 12.2 Å². The second-order valence-corrected chi connectivity index (χ2v) is 2.80. The molecule has 0 saturated heterocycles. The summed E-state index contributed by atoms with van der Waals surface area (Å²) in [5.41, 5.74) is 6.11. The Hall–Kier alpha value is -1.30. The molecule has 1 heterocycles. The molecule has 1 rings (SSSR count). The lowest BCUT2D eigenvalue weighted by Crippen LogP contribution is -2.21. The molecule has 0 fully saturated rings. The Balaban J connectivity index is 3.29. The summed E-state index contributed by atoms with van der Waals surface area (Å²) in [6, 6.07) is 0. The molecule has 0 spiro atoms. The van der Waals surface area contributed by atoms with Crippen LogP contribution in [-0.2, 0) is 0 Å². The van der Waals surface area contributed by atoms with Crippen LogP contribution in [0, 0.1) is 6.92 Å². The maximum atomic E-state index is 5.42. The van der Waals surface area contributed by atoms with Crippen LogP contribution in [0.2, 0.25) is 0 Å². The number of aromatic nitrogens is 2. The van der Waals surface area contributed by atoms with Crippen molar-refractivity contribution in [3.63, 3.8) is 0 Å². The van der Waals surface area contributed by atoms with Crippen LogP contribution in [0.4, 0.5) is 0 Å². The lowest BCUT2D eigenvalue weighted by molar-refractivity contribution is 0.341. The van der Waals surface area contributed by atoms with Gasteiger partial charge in [-0.05, 0) is 19.1 Å². The van der Waals surface area contributed by atoms with Crippen LogP contribution in [0.5, 0.6) is 11.6 Å². The SMILES string of the molecule is COc1c(C)nn(C(N)=S)c1OC. The van der Waals surface area contributed by atoms with Gasteiger partial charge in [-0.1, -0.05) is 0 Å². The number of thiocarbonyl (C=S) groups is 1. The minimum atomic E-state index is 0.128. The minimum Gasteiger partial charge on any atom is -0.490 e. The number of aryl methyl sites for hydroxylation is 1. The molecule has 0 bridgehead atoms. The lowest BCUT2D eigenvalue weighted by Gasteiger charge is -2.04. The highest BCUT2D eigenvalue weighted by Gasteiger charge is 2.17. The molecule has 0 aliphatic heterocycles. The number of nitrogens with zero attached hydrogens (tertiary/aromatic N) is 2. The fourth-order valence-corrected chi connectivity index (χ4v) is 1.18. The molecule has 2 N–H and O–H groups in total. The summed E-state index contributed by atoms with van der Waals surface area (Å²) >= 11 is 4.78. The van der Waals surface area contributed by atoms with Gasteiger partial charge in [0.1, 0.15) is 5.69 Å². The minimum absolute atomic E-state index is 0.128. The highest BCUT2D eigenvalue weighted by molar-refractivity contribution is 7.80. The van der Waals surface area contributed by atoms with E-state index < -0.39 is 0 Å². The van der Waals surface area contributed by atoms with Gasteiger partial charge in [0.2, 0.25) is 5.75 Å². The fourth-order valence-electron chi connectivity index (χ4n) is 1.06. The van der Waals surface area contributed by atoms with Crippen molar-refractivity contribution in [3.05, 3.63) is 5.69 Å². The van der Waals surface area contributed by atoms with Crippen LogP contribution in [0.15, 0.2) is 0 Å². The normalized spacial score (nSPS) is 9.77. The molecule has 0 amide bonds. The van der Waals surface area contributed by atoms with Gasteiger partial charge in [-0.15, -0.1) is 0 Å². The number of hydrogen-bond acceptors (Lipinski definition) is 4. The average Bonchev–Trinajstić information content (AvgIpc) is 2.41. The van der Waals surface area contributed by atoms with Gasteiger partial charge in [-0.3, -0.25) is 0 Å². The van der Waals surface area contributed by atoms with Gasteiger partial charge in [0, 0.05) is 0 Å². The van der Waals surface area contributed by atoms with Crippen LogP contribution < -0.4 is 15.2 Å². The van der Waals surface area contributed by atoms with Gasteiger partial charge in [-0.2, -0.15) is 9.78 Å². The smallest absolute Gasteiger partial charge is 0.262 e. The molecule has 0 radical (unpaired) electrons. The molecule has 0 atom stereocenters. The molecule has 6 heteroatoms. The van der Waals surface area contributed by atoms with Gasteiger partial charge in [0.05, 0.1) is 14.2 Å². The van der Waals surface area contributed by atoms with Gasteiger partial charge in [-0.25, -0.2) is 0 Å². The van der Waals surface area contributed by atoms with Gasteiger partial charge >= 0.3 is 0 Å². The van der Waals surface area contributed by atoms with Crippen molar-refractivity contribution in [3.8, 4) is 11.6 Å². The highest BCUT2D eigenvalue weighted by Crippen LogP contribution is 2.29. The number of hydrogen-bond donors (Lipinski definition) is 1. The van der Waals surface area contributed by atoms with E-state index in [0.29, 0.717) is 17.3 Å². The first kappa shape index (κ1) is 9.79. The Bertz CT molecular complexity index is 335. The van der Waals surface area contributed by atoms with Crippen molar-refractivity contribution >= 4 is 17.3 Å². The number of nitrogens with two attached hydrogens (primary N) is 1. The zero-order valence-electron chi connectivity index (χ0n) is 7.70. The number of rotatable bonds is 2. The summed E-state index contributed by atoms with van der Waals surface area (Å²) in [6.07, 6.45) is 0. The van der Waals surface area contributed by atoms with Crippen molar-refractivity contribution in [2.75, 3.05) is 14.2 Å². The predicted molar refractivity (Wildman–Crippen MR) is 52.3 cm³/mol. The number of ether oxygens (including phenoxy) is 2. The summed E-state index contributed by atoms with van der Waals surface area (Å²) < 4.78 is 11.5. The van der Waals surface area contributed by atoms with E-state index in [0.717, 1.165) is 0 Å². The summed E-state index contributed by atoms with van der Waals surface area (Å²) in [5, 5.41) is 4.18. The van der Waals surface area contributed by atoms with E-state index in [4.69, 9.17) is 27.4 Å². The Labute approximate surface area is 81.4 Å². The molecule has 0 unspecified atom stereocenters. The van der Waals surface area contributed by atoms with E-state index >= 15 is 0 Å². The summed E-state index contributed by atoms with van der Waals surface area (Å²) in [7, 11) is 3.05. The summed E-state index contributed by atoms with van der Waals surface area (Å²) in [6.45, 7) is 1.79. The molecule has 0 saturated carbocycles. The van der Waals surface area contributed by atoms with Gasteiger partial charge in [0.15, 0.2) is 5.11 Å². The third-order valence-electron chi connectivity index (χ3n) is 1.57. The fraction of sp³-hybridized carbons (Fsp3) is 0.429. The van der Waals surface area contributed by atoms with Crippen molar-refractivity contribution in [1.29, 1.82) is 0 Å². The monoisotopic (exact) mass is 201 g/mol. The van der Waals surface area contributed by atoms with Crippen molar-refractivity contribution in [1.82, 2.24) is 9.78 Å². The van der Waals surface area contributed by atoms with Gasteiger partial charge in [0.25, 0.3) is 5.88 Å². The average molecular weight is 201 g/mol. The molecule has 0 aliphatic rings. The van der Waals surface area contributed by atoms with Crippen LogP contribution in [0.3, 0.4) is 0 Å². The Kier molecular flexibility index (Phi) is 2.72. The second-order valence-electron chi connectivity index (χ2n) is 2.38. The number of methoxy groups -OCH3 is 2. The van der Waals surface area contributed by atoms with Crippen LogP contribution in [-0.4, -0.2) is 29.1 Å². The van der Waals surface area contributed by atoms with E-state index in [1.807, 2.05) is 0 Å². The molecular formula is C7H11N3O2S. The first-order valence-electron chi connectivity index (χ1n) is 3.59. The maximum absolute atomic E-state index is 5.42. The van der Waals surface area contributed by atoms with E-state index in [1.165, 1.54) is 18.9 Å². The molecule has 0 aromatic carbocycles. The predicted octanol–water partition coefficient (Wildman–Crippen LogP) is 0.300. The quantitative estimate of drug-likeness (QED) is 0.697. The van der Waals surface area contributed by atoms with Gasteiger partial charge < -0.3 is 15.2 Å². The third kappa shape index (κ3) is 1.57. The zero-order chi connectivity index (χ0) is 10.0. The van der Waals surface area contributed by atoms with E-state index in [1.54, 1.807) is 6.92 Å². The highest BCUT2D eigenvalue weighted by atomic mass is 32.1. The first-order chi connectivity index (χ1) is 6.11. The third-order valence-corrected chi connectivity index (χ3v) is 1.74. The topological polar surface area (TPSA) is 62.3 Å². The molecule has 5 nitrogen and oxygen atoms in total. The molecule has 1 aromatic heterocycles. The summed E-state index contributed by atoms with van der Waals surface area (Å²) in [5.74, 6) is 0.975. The molecule has 72 valence electrons. The molecule has 1 aromatic rings. The Morgan fingerprint density at radius 3 is 2.46 bits per heavy atom. The maximum Gasteiger partial charge on any atom is 0.262 e. The largest absolute Gasteiger partial charge is 0.490 e. The van der Waals surface area contributed by atoms with E-state index in [-0.39, 0.29) is 5.11 Å². The Morgan fingerprint density at radius 2 is 2.08 bits per heavy atom. The van der Waals surface area contributed by atoms with Crippen LogP contribution in [0.1, 0.15) is 5.69 Å². The summed E-state index contributed by atoms with van der Waals surface area (Å²) in [4.78, 5) is 0. The van der Waals surface area contributed by atoms with E-state index in [2.05, 4.69) is 5.10 Å². The van der Waals surface area contributed by atoms with Crippen molar-refractivity contribution in [2.24, 2.45) is 5.73 Å². The molecule has 0 aliphatic carbocycles. The molecule has 13 heavy (non-hydrogen) atoms. The second kappa shape index (κ2) is 3.61. The Morgan fingerprint density at radius 1 is 1.46 bits per heavy atom. The van der Waals surface area contributed by atoms with E-state index in [9.17, 15) is 0 Å². The van der Waals surface area contributed by atoms with Crippen LogP contribution in [0.25, 0.3) is 0 Å². The molecular weight excluding hydrogens is 190 g/mol. The first-order valence-corrected chi connectivity index (χ1v) is 4.00. The van der Waals surface area contributed by atoms with Crippen molar-refractivity contribution < 1.29 is 9.47 Å². The lowest BCUT2D eigenvalue weighted by atomic mass is 10.4. The standard InChI is InChI=1S/C7H11N3O2S/c1-4-5(11-2)6(12-3)10(9-4)7(8)13/h1-3H3,(H2,8,13).